The van der Waals surface area contributed by atoms with Crippen LogP contribution in [0.1, 0.15) is 39.4 Å². The van der Waals surface area contributed by atoms with Gasteiger partial charge in [-0.15, -0.1) is 11.3 Å². The average molecular weight is 621 g/mol. The van der Waals surface area contributed by atoms with Gasteiger partial charge >= 0.3 is 6.09 Å². The quantitative estimate of drug-likeness (QED) is 0.187. The second kappa shape index (κ2) is 12.0. The first-order valence-electron chi connectivity index (χ1n) is 14.4. The fraction of sp³-hybridized carbons (Fsp3) is 0.206. The van der Waals surface area contributed by atoms with E-state index in [1.165, 1.54) is 17.7 Å². The molecule has 0 aliphatic carbocycles. The number of nitrogens with one attached hydrogen (secondary N) is 2. The number of carbonyl (C=O) groups is 1. The van der Waals surface area contributed by atoms with Crippen LogP contribution in [-0.2, 0) is 4.74 Å². The highest BCUT2D eigenvalue weighted by Gasteiger charge is 2.21. The van der Waals surface area contributed by atoms with Crippen molar-refractivity contribution in [3.05, 3.63) is 101 Å². The van der Waals surface area contributed by atoms with E-state index in [2.05, 4.69) is 25.6 Å². The van der Waals surface area contributed by atoms with Crippen molar-refractivity contribution in [3.63, 3.8) is 0 Å². The van der Waals surface area contributed by atoms with Crippen LogP contribution in [0.2, 0.25) is 0 Å². The summed E-state index contributed by atoms with van der Waals surface area (Å²) in [5, 5.41) is 7.54. The molecule has 3 heterocycles. The number of para-hydroxylation sites is 1. The van der Waals surface area contributed by atoms with Gasteiger partial charge in [-0.05, 0) is 74.5 Å². The third kappa shape index (κ3) is 6.20. The summed E-state index contributed by atoms with van der Waals surface area (Å²) in [5.41, 5.74) is 4.91. The molecule has 0 saturated carbocycles. The van der Waals surface area contributed by atoms with E-state index >= 15 is 0 Å². The predicted octanol–water partition coefficient (Wildman–Crippen LogP) is 7.59. The van der Waals surface area contributed by atoms with Gasteiger partial charge in [0.2, 0.25) is 0 Å². The van der Waals surface area contributed by atoms with E-state index in [1.54, 1.807) is 50.1 Å². The zero-order valence-corrected chi connectivity index (χ0v) is 26.3. The number of hydrogen-bond acceptors (Lipinski definition) is 9. The summed E-state index contributed by atoms with van der Waals surface area (Å²) in [6, 6.07) is 22.3. The predicted molar refractivity (Wildman–Crippen MR) is 179 cm³/mol. The minimum Gasteiger partial charge on any atom is -0.497 e. The van der Waals surface area contributed by atoms with E-state index in [4.69, 9.17) is 9.47 Å². The van der Waals surface area contributed by atoms with Crippen molar-refractivity contribution < 1.29 is 14.3 Å². The van der Waals surface area contributed by atoms with Crippen LogP contribution in [0.4, 0.5) is 16.3 Å². The van der Waals surface area contributed by atoms with Gasteiger partial charge in [-0.2, -0.15) is 0 Å². The zero-order chi connectivity index (χ0) is 31.7. The van der Waals surface area contributed by atoms with Gasteiger partial charge in [-0.1, -0.05) is 36.4 Å². The standard InChI is InChI=1S/C34H32N6O4S/c1-20(38-30-29-31(36-18-35-30)45-19-37-29)27-16-21-10-9-13-26(28(21)32(41)40(27)24-11-7-6-8-12-24)22-14-23(17-25(15-22)43-5)39-33(42)44-34(2,3)4/h6-20H,1-5H3,(H,39,42)(H,35,36,38)/t20-/m0/s1. The summed E-state index contributed by atoms with van der Waals surface area (Å²) < 4.78 is 12.7. The van der Waals surface area contributed by atoms with Crippen LogP contribution in [0, 0.1) is 0 Å². The van der Waals surface area contributed by atoms with Gasteiger partial charge in [-0.25, -0.2) is 19.7 Å². The van der Waals surface area contributed by atoms with Crippen molar-refractivity contribution in [3.8, 4) is 22.6 Å². The molecular weight excluding hydrogens is 588 g/mol. The van der Waals surface area contributed by atoms with Gasteiger partial charge in [0.1, 0.15) is 28.0 Å². The zero-order valence-electron chi connectivity index (χ0n) is 25.5. The number of amides is 1. The molecule has 11 heteroatoms. The number of thiazole rings is 1. The summed E-state index contributed by atoms with van der Waals surface area (Å²) in [4.78, 5) is 41.2. The second-order valence-corrected chi connectivity index (χ2v) is 12.3. The number of rotatable bonds is 7. The van der Waals surface area contributed by atoms with Crippen LogP contribution in [0.3, 0.4) is 0 Å². The van der Waals surface area contributed by atoms with Crippen LogP contribution >= 0.6 is 11.3 Å². The number of aromatic nitrogens is 4. The van der Waals surface area contributed by atoms with E-state index in [9.17, 15) is 9.59 Å². The fourth-order valence-corrected chi connectivity index (χ4v) is 5.86. The molecule has 0 aliphatic heterocycles. The van der Waals surface area contributed by atoms with Crippen molar-refractivity contribution in [2.24, 2.45) is 0 Å². The fourth-order valence-electron chi connectivity index (χ4n) is 5.23. The summed E-state index contributed by atoms with van der Waals surface area (Å²) in [5.74, 6) is 1.11. The lowest BCUT2D eigenvalue weighted by atomic mass is 9.97. The monoisotopic (exact) mass is 620 g/mol. The highest BCUT2D eigenvalue weighted by Crippen LogP contribution is 2.34. The minimum absolute atomic E-state index is 0.191. The number of anilines is 2. The molecule has 0 radical (unpaired) electrons. The molecule has 1 amide bonds. The molecule has 0 spiro atoms. The highest BCUT2D eigenvalue weighted by molar-refractivity contribution is 7.16. The molecule has 45 heavy (non-hydrogen) atoms. The lowest BCUT2D eigenvalue weighted by Gasteiger charge is -2.22. The molecule has 3 aromatic heterocycles. The van der Waals surface area contributed by atoms with E-state index in [1.807, 2.05) is 67.6 Å². The van der Waals surface area contributed by atoms with E-state index in [0.29, 0.717) is 39.3 Å². The summed E-state index contributed by atoms with van der Waals surface area (Å²) >= 11 is 1.44. The van der Waals surface area contributed by atoms with Gasteiger partial charge in [-0.3, -0.25) is 14.7 Å². The van der Waals surface area contributed by atoms with E-state index < -0.39 is 11.7 Å². The molecule has 228 valence electrons. The van der Waals surface area contributed by atoms with Crippen LogP contribution in [-0.4, -0.2) is 38.3 Å². The first kappa shape index (κ1) is 29.8. The molecule has 0 unspecified atom stereocenters. The van der Waals surface area contributed by atoms with Gasteiger partial charge in [0.15, 0.2) is 5.82 Å². The van der Waals surface area contributed by atoms with Crippen LogP contribution in [0.25, 0.3) is 37.9 Å². The Morgan fingerprint density at radius 1 is 0.978 bits per heavy atom. The van der Waals surface area contributed by atoms with Crippen molar-refractivity contribution in [1.29, 1.82) is 0 Å². The van der Waals surface area contributed by atoms with Crippen LogP contribution in [0.5, 0.6) is 5.75 Å². The molecule has 2 N–H and O–H groups in total. The van der Waals surface area contributed by atoms with Crippen molar-refractivity contribution in [2.45, 2.75) is 39.3 Å². The van der Waals surface area contributed by atoms with Crippen LogP contribution < -0.4 is 20.9 Å². The lowest BCUT2D eigenvalue weighted by Crippen LogP contribution is -2.27. The maximum atomic E-state index is 14.6. The normalized spacial score (nSPS) is 12.2. The molecular formula is C34H32N6O4S. The Bertz CT molecular complexity index is 2090. The van der Waals surface area contributed by atoms with Gasteiger partial charge in [0.25, 0.3) is 5.56 Å². The minimum atomic E-state index is -0.659. The molecule has 10 nitrogen and oxygen atoms in total. The average Bonchev–Trinajstić information content (AvgIpc) is 3.50. The first-order chi connectivity index (χ1) is 21.6. The van der Waals surface area contributed by atoms with Crippen molar-refractivity contribution in [1.82, 2.24) is 19.5 Å². The Labute approximate surface area is 263 Å². The van der Waals surface area contributed by atoms with Gasteiger partial charge in [0, 0.05) is 23.1 Å². The third-order valence-electron chi connectivity index (χ3n) is 7.12. The number of pyridine rings is 1. The molecule has 1 atom stereocenters. The van der Waals surface area contributed by atoms with Crippen molar-refractivity contribution >= 4 is 50.1 Å². The number of fused-ring (bicyclic) bond motifs is 2. The Hall–Kier alpha value is -5.29. The van der Waals surface area contributed by atoms with E-state index in [0.717, 1.165) is 21.6 Å². The van der Waals surface area contributed by atoms with Gasteiger partial charge < -0.3 is 14.8 Å². The molecule has 6 rings (SSSR count). The topological polar surface area (TPSA) is 120 Å². The Kier molecular flexibility index (Phi) is 7.94. The maximum absolute atomic E-state index is 14.6. The molecule has 6 aromatic rings. The molecule has 0 fully saturated rings. The molecule has 3 aromatic carbocycles. The Morgan fingerprint density at radius 3 is 2.53 bits per heavy atom. The number of ether oxygens (including phenoxy) is 2. The van der Waals surface area contributed by atoms with Crippen molar-refractivity contribution in [2.75, 3.05) is 17.7 Å². The first-order valence-corrected chi connectivity index (χ1v) is 15.2. The maximum Gasteiger partial charge on any atom is 0.412 e. The van der Waals surface area contributed by atoms with Gasteiger partial charge in [0.05, 0.1) is 24.0 Å². The summed E-state index contributed by atoms with van der Waals surface area (Å²) in [7, 11) is 1.56. The highest BCUT2D eigenvalue weighted by atomic mass is 32.1. The third-order valence-corrected chi connectivity index (χ3v) is 7.85. The molecule has 0 aliphatic rings. The summed E-state index contributed by atoms with van der Waals surface area (Å²) in [6.07, 6.45) is 0.919. The number of nitrogens with zero attached hydrogens (tertiary/aromatic N) is 4. The summed E-state index contributed by atoms with van der Waals surface area (Å²) in [6.45, 7) is 7.39. The molecule has 0 bridgehead atoms. The smallest absolute Gasteiger partial charge is 0.412 e. The number of methoxy groups -OCH3 is 1. The Balaban J connectivity index is 1.50. The van der Waals surface area contributed by atoms with E-state index in [-0.39, 0.29) is 11.6 Å². The number of benzene rings is 3. The lowest BCUT2D eigenvalue weighted by molar-refractivity contribution is 0.0636. The second-order valence-electron chi connectivity index (χ2n) is 11.5. The number of carbonyl (C=O) groups excluding carboxylic acids is 1. The largest absolute Gasteiger partial charge is 0.497 e. The van der Waals surface area contributed by atoms with Crippen LogP contribution in [0.15, 0.2) is 89.4 Å². The number of hydrogen-bond donors (Lipinski definition) is 2. The molecule has 0 saturated heterocycles. The Morgan fingerprint density at radius 2 is 1.78 bits per heavy atom. The SMILES string of the molecule is COc1cc(NC(=O)OC(C)(C)C)cc(-c2cccc3cc([C@H](C)Nc4ncnc5scnc45)n(-c4ccccc4)c(=O)c23)c1.